The van der Waals surface area contributed by atoms with Crippen molar-refractivity contribution in [2.45, 2.75) is 85.6 Å². The van der Waals surface area contributed by atoms with Gasteiger partial charge in [0.1, 0.15) is 0 Å². The Morgan fingerprint density at radius 3 is 2.00 bits per heavy atom. The van der Waals surface area contributed by atoms with Crippen LogP contribution in [-0.2, 0) is 4.74 Å². The highest BCUT2D eigenvalue weighted by atomic mass is 16.5. The van der Waals surface area contributed by atoms with Gasteiger partial charge in [-0.3, -0.25) is 0 Å². The lowest BCUT2D eigenvalue weighted by Crippen LogP contribution is -2.43. The van der Waals surface area contributed by atoms with E-state index in [0.717, 1.165) is 19.8 Å². The molecular weight excluding hydrogens is 234 g/mol. The fourth-order valence-electron chi connectivity index (χ4n) is 1.89. The second kappa shape index (κ2) is 9.77. The van der Waals surface area contributed by atoms with Crippen LogP contribution >= 0.6 is 0 Å². The van der Waals surface area contributed by atoms with E-state index in [1.807, 2.05) is 0 Å². The summed E-state index contributed by atoms with van der Waals surface area (Å²) in [7, 11) is 0. The second-order valence-electron chi connectivity index (χ2n) is 7.59. The summed E-state index contributed by atoms with van der Waals surface area (Å²) in [6.07, 6.45) is 7.99. The van der Waals surface area contributed by atoms with Crippen molar-refractivity contribution in [3.8, 4) is 0 Å². The Kier molecular flexibility index (Phi) is 9.72. The van der Waals surface area contributed by atoms with Gasteiger partial charge in [0.05, 0.1) is 6.61 Å². The highest BCUT2D eigenvalue weighted by molar-refractivity contribution is 4.77. The van der Waals surface area contributed by atoms with Crippen molar-refractivity contribution in [3.05, 3.63) is 0 Å². The molecule has 0 saturated carbocycles. The van der Waals surface area contributed by atoms with Crippen LogP contribution in [0.25, 0.3) is 0 Å². The Bertz CT molecular complexity index is 206. The molecule has 0 spiro atoms. The molecule has 0 aliphatic carbocycles. The molecule has 116 valence electrons. The fourth-order valence-corrected chi connectivity index (χ4v) is 1.89. The first-order valence-electron chi connectivity index (χ1n) is 8.10. The van der Waals surface area contributed by atoms with Crippen LogP contribution in [0.3, 0.4) is 0 Å². The van der Waals surface area contributed by atoms with Gasteiger partial charge < -0.3 is 10.1 Å². The van der Waals surface area contributed by atoms with E-state index in [4.69, 9.17) is 4.74 Å². The molecule has 0 radical (unpaired) electrons. The molecule has 0 fully saturated rings. The number of nitrogens with one attached hydrogen (secondary N) is 1. The molecule has 0 bridgehead atoms. The largest absolute Gasteiger partial charge is 0.381 e. The Hall–Kier alpha value is -0.0800. The molecule has 2 nitrogen and oxygen atoms in total. The van der Waals surface area contributed by atoms with E-state index < -0.39 is 0 Å². The molecule has 0 aromatic rings. The van der Waals surface area contributed by atoms with Crippen molar-refractivity contribution in [1.82, 2.24) is 5.32 Å². The molecule has 0 rings (SSSR count). The minimum Gasteiger partial charge on any atom is -0.381 e. The molecule has 0 heterocycles. The van der Waals surface area contributed by atoms with E-state index in [0.29, 0.717) is 0 Å². The van der Waals surface area contributed by atoms with Gasteiger partial charge in [-0.1, -0.05) is 52.9 Å². The molecule has 0 aromatic carbocycles. The molecule has 0 unspecified atom stereocenters. The quantitative estimate of drug-likeness (QED) is 0.546. The van der Waals surface area contributed by atoms with Gasteiger partial charge in [-0.05, 0) is 27.2 Å². The van der Waals surface area contributed by atoms with Crippen LogP contribution in [0.2, 0.25) is 0 Å². The van der Waals surface area contributed by atoms with Crippen LogP contribution < -0.4 is 5.32 Å². The first-order chi connectivity index (χ1) is 8.77. The number of unbranched alkanes of at least 4 members (excludes halogenated alkanes) is 5. The van der Waals surface area contributed by atoms with Crippen LogP contribution in [0.4, 0.5) is 0 Å². The van der Waals surface area contributed by atoms with Crippen LogP contribution in [0.15, 0.2) is 0 Å². The lowest BCUT2D eigenvalue weighted by Gasteiger charge is -2.30. The lowest BCUT2D eigenvalue weighted by atomic mass is 9.93. The molecule has 0 amide bonds. The standard InChI is InChI=1S/C17H37NO/c1-7-8-9-10-11-12-13-19-15-17(5,6)14-18-16(2,3)4/h18H,7-15H2,1-6H3. The van der Waals surface area contributed by atoms with Crippen molar-refractivity contribution in [2.75, 3.05) is 19.8 Å². The zero-order valence-corrected chi connectivity index (χ0v) is 14.3. The smallest absolute Gasteiger partial charge is 0.0529 e. The van der Waals surface area contributed by atoms with Gasteiger partial charge in [0.2, 0.25) is 0 Å². The van der Waals surface area contributed by atoms with Crippen LogP contribution in [0.5, 0.6) is 0 Å². The average molecular weight is 271 g/mol. The number of hydrogen-bond donors (Lipinski definition) is 1. The minimum atomic E-state index is 0.191. The zero-order valence-electron chi connectivity index (χ0n) is 14.3. The van der Waals surface area contributed by atoms with E-state index in [1.54, 1.807) is 0 Å². The molecule has 0 atom stereocenters. The molecule has 1 N–H and O–H groups in total. The van der Waals surface area contributed by atoms with Crippen LogP contribution in [0.1, 0.15) is 80.1 Å². The minimum absolute atomic E-state index is 0.191. The van der Waals surface area contributed by atoms with E-state index in [9.17, 15) is 0 Å². The summed E-state index contributed by atoms with van der Waals surface area (Å²) in [5, 5.41) is 3.56. The van der Waals surface area contributed by atoms with Gasteiger partial charge in [-0.15, -0.1) is 0 Å². The van der Waals surface area contributed by atoms with E-state index in [1.165, 1.54) is 38.5 Å². The molecular formula is C17H37NO. The second-order valence-corrected chi connectivity index (χ2v) is 7.59. The molecule has 2 heteroatoms. The maximum atomic E-state index is 5.83. The Balaban J connectivity index is 3.48. The summed E-state index contributed by atoms with van der Waals surface area (Å²) in [4.78, 5) is 0. The Morgan fingerprint density at radius 1 is 0.842 bits per heavy atom. The van der Waals surface area contributed by atoms with Gasteiger partial charge in [-0.25, -0.2) is 0 Å². The highest BCUT2D eigenvalue weighted by Crippen LogP contribution is 2.16. The normalized spacial score (nSPS) is 12.9. The van der Waals surface area contributed by atoms with Crippen LogP contribution in [-0.4, -0.2) is 25.3 Å². The van der Waals surface area contributed by atoms with E-state index in [2.05, 4.69) is 46.9 Å². The SMILES string of the molecule is CCCCCCCCOCC(C)(C)CNC(C)(C)C. The van der Waals surface area contributed by atoms with Crippen molar-refractivity contribution in [1.29, 1.82) is 0 Å². The molecule has 0 saturated heterocycles. The topological polar surface area (TPSA) is 21.3 Å². The summed E-state index contributed by atoms with van der Waals surface area (Å²) in [6, 6.07) is 0. The van der Waals surface area contributed by atoms with Gasteiger partial charge in [0.15, 0.2) is 0 Å². The highest BCUT2D eigenvalue weighted by Gasteiger charge is 2.20. The Labute approximate surface area is 121 Å². The van der Waals surface area contributed by atoms with Gasteiger partial charge in [-0.2, -0.15) is 0 Å². The van der Waals surface area contributed by atoms with Gasteiger partial charge in [0.25, 0.3) is 0 Å². The first-order valence-corrected chi connectivity index (χ1v) is 8.10. The summed E-state index contributed by atoms with van der Waals surface area (Å²) in [5.41, 5.74) is 0.409. The van der Waals surface area contributed by atoms with Crippen molar-refractivity contribution >= 4 is 0 Å². The molecule has 0 aliphatic rings. The predicted molar refractivity (Wildman–Crippen MR) is 85.7 cm³/mol. The monoisotopic (exact) mass is 271 g/mol. The van der Waals surface area contributed by atoms with Gasteiger partial charge in [0, 0.05) is 24.1 Å². The fraction of sp³-hybridized carbons (Fsp3) is 1.00. The number of ether oxygens (including phenoxy) is 1. The average Bonchev–Trinajstić information content (AvgIpc) is 2.29. The Morgan fingerprint density at radius 2 is 1.42 bits per heavy atom. The van der Waals surface area contributed by atoms with Crippen molar-refractivity contribution in [2.24, 2.45) is 5.41 Å². The predicted octanol–water partition coefficient (Wildman–Crippen LogP) is 4.78. The molecule has 19 heavy (non-hydrogen) atoms. The summed E-state index contributed by atoms with van der Waals surface area (Å²) >= 11 is 0. The maximum absolute atomic E-state index is 5.83. The summed E-state index contributed by atoms with van der Waals surface area (Å²) < 4.78 is 5.83. The first kappa shape index (κ1) is 18.9. The third-order valence-corrected chi connectivity index (χ3v) is 3.23. The summed E-state index contributed by atoms with van der Waals surface area (Å²) in [6.45, 7) is 16.2. The van der Waals surface area contributed by atoms with E-state index >= 15 is 0 Å². The molecule has 0 aliphatic heterocycles. The van der Waals surface area contributed by atoms with Crippen molar-refractivity contribution < 1.29 is 4.74 Å². The molecule has 0 aromatic heterocycles. The van der Waals surface area contributed by atoms with E-state index in [-0.39, 0.29) is 11.0 Å². The third-order valence-electron chi connectivity index (χ3n) is 3.23. The van der Waals surface area contributed by atoms with Gasteiger partial charge >= 0.3 is 0 Å². The van der Waals surface area contributed by atoms with Crippen molar-refractivity contribution in [3.63, 3.8) is 0 Å². The number of hydrogen-bond acceptors (Lipinski definition) is 2. The zero-order chi connectivity index (χ0) is 14.8. The van der Waals surface area contributed by atoms with Crippen LogP contribution in [0, 0.1) is 5.41 Å². The summed E-state index contributed by atoms with van der Waals surface area (Å²) in [5.74, 6) is 0. The third kappa shape index (κ3) is 14.1. The number of rotatable bonds is 11. The lowest BCUT2D eigenvalue weighted by molar-refractivity contribution is 0.0565. The maximum Gasteiger partial charge on any atom is 0.0529 e.